The number of benzene rings is 2. The van der Waals surface area contributed by atoms with E-state index in [0.29, 0.717) is 10.8 Å². The number of carbonyl (C=O) groups is 2. The molecule has 0 bridgehead atoms. The zero-order valence-electron chi connectivity index (χ0n) is 12.8. The maximum Gasteiger partial charge on any atom is 0.331 e. The van der Waals surface area contributed by atoms with Gasteiger partial charge in [0.2, 0.25) is 5.78 Å². The molecule has 2 aromatic carbocycles. The lowest BCUT2D eigenvalue weighted by Crippen LogP contribution is -2.13. The summed E-state index contributed by atoms with van der Waals surface area (Å²) in [6, 6.07) is 11.7. The molecule has 0 aliphatic rings. The molecule has 24 heavy (non-hydrogen) atoms. The lowest BCUT2D eigenvalue weighted by Gasteiger charge is -2.05. The number of Topliss-reactive ketones (excluding diaryl/α,β-unsaturated/α-hetero) is 1. The number of hydrogen-bond donors (Lipinski definition) is 0. The van der Waals surface area contributed by atoms with Crippen LogP contribution in [0.2, 0.25) is 10.0 Å². The van der Waals surface area contributed by atoms with Crippen LogP contribution in [0, 0.1) is 0 Å². The summed E-state index contributed by atoms with van der Waals surface area (Å²) < 4.78 is 10.1. The predicted octanol–water partition coefficient (Wildman–Crippen LogP) is 4.44. The van der Waals surface area contributed by atoms with Gasteiger partial charge < -0.3 is 9.47 Å². The topological polar surface area (TPSA) is 52.6 Å². The van der Waals surface area contributed by atoms with Gasteiger partial charge in [-0.15, -0.1) is 0 Å². The first-order valence-electron chi connectivity index (χ1n) is 6.97. The average molecular weight is 365 g/mol. The van der Waals surface area contributed by atoms with Crippen LogP contribution in [-0.4, -0.2) is 25.5 Å². The fourth-order valence-corrected chi connectivity index (χ4v) is 2.45. The van der Waals surface area contributed by atoms with E-state index in [4.69, 9.17) is 32.7 Å². The van der Waals surface area contributed by atoms with Crippen LogP contribution in [0.1, 0.15) is 15.9 Å². The summed E-state index contributed by atoms with van der Waals surface area (Å²) >= 11 is 11.7. The van der Waals surface area contributed by atoms with Gasteiger partial charge in [-0.25, -0.2) is 4.79 Å². The van der Waals surface area contributed by atoms with Crippen molar-refractivity contribution in [3.63, 3.8) is 0 Å². The molecule has 0 fully saturated rings. The van der Waals surface area contributed by atoms with E-state index < -0.39 is 18.4 Å². The number of ether oxygens (including phenoxy) is 2. The number of hydrogen-bond acceptors (Lipinski definition) is 4. The van der Waals surface area contributed by atoms with Crippen molar-refractivity contribution in [3.8, 4) is 5.75 Å². The van der Waals surface area contributed by atoms with Gasteiger partial charge in [0, 0.05) is 22.2 Å². The zero-order valence-corrected chi connectivity index (χ0v) is 14.3. The van der Waals surface area contributed by atoms with Crippen LogP contribution < -0.4 is 4.74 Å². The fourth-order valence-electron chi connectivity index (χ4n) is 1.94. The highest BCUT2D eigenvalue weighted by Gasteiger charge is 2.12. The van der Waals surface area contributed by atoms with E-state index in [1.54, 1.807) is 31.4 Å². The number of carbonyl (C=O) groups excluding carboxylic acids is 2. The highest BCUT2D eigenvalue weighted by atomic mass is 35.5. The van der Waals surface area contributed by atoms with Gasteiger partial charge >= 0.3 is 5.97 Å². The molecule has 0 heterocycles. The molecule has 0 radical (unpaired) electrons. The van der Waals surface area contributed by atoms with Gasteiger partial charge in [0.1, 0.15) is 5.75 Å². The average Bonchev–Trinajstić information content (AvgIpc) is 2.58. The van der Waals surface area contributed by atoms with Crippen LogP contribution in [0.25, 0.3) is 6.08 Å². The molecule has 0 unspecified atom stereocenters. The smallest absolute Gasteiger partial charge is 0.331 e. The Morgan fingerprint density at radius 1 is 1.12 bits per heavy atom. The SMILES string of the molecule is COc1ccccc1C=CC(=O)OCC(=O)c1ccc(Cl)cc1Cl. The van der Waals surface area contributed by atoms with Gasteiger partial charge in [-0.1, -0.05) is 41.4 Å². The maximum absolute atomic E-state index is 12.0. The van der Waals surface area contributed by atoms with Crippen molar-refractivity contribution in [2.45, 2.75) is 0 Å². The van der Waals surface area contributed by atoms with Gasteiger partial charge in [-0.2, -0.15) is 0 Å². The summed E-state index contributed by atoms with van der Waals surface area (Å²) in [4.78, 5) is 23.7. The minimum atomic E-state index is -0.639. The Balaban J connectivity index is 1.95. The van der Waals surface area contributed by atoms with Gasteiger partial charge in [0.05, 0.1) is 12.1 Å². The number of ketones is 1. The molecule has 124 valence electrons. The second-order valence-electron chi connectivity index (χ2n) is 4.73. The van der Waals surface area contributed by atoms with Crippen LogP contribution in [-0.2, 0) is 9.53 Å². The molecule has 0 saturated heterocycles. The number of rotatable bonds is 6. The lowest BCUT2D eigenvalue weighted by molar-refractivity contribution is -0.136. The van der Waals surface area contributed by atoms with Crippen LogP contribution in [0.3, 0.4) is 0 Å². The van der Waals surface area contributed by atoms with Gasteiger partial charge in [0.25, 0.3) is 0 Å². The van der Waals surface area contributed by atoms with Gasteiger partial charge in [-0.3, -0.25) is 4.79 Å². The third-order valence-electron chi connectivity index (χ3n) is 3.11. The summed E-state index contributed by atoms with van der Waals surface area (Å²) in [5, 5.41) is 0.640. The Kier molecular flexibility index (Phi) is 6.41. The number of para-hydroxylation sites is 1. The van der Waals surface area contributed by atoms with E-state index in [0.717, 1.165) is 5.56 Å². The third kappa shape index (κ3) is 4.85. The lowest BCUT2D eigenvalue weighted by atomic mass is 10.1. The second-order valence-corrected chi connectivity index (χ2v) is 5.57. The standard InChI is InChI=1S/C18H14Cl2O4/c1-23-17-5-3-2-4-12(17)6-9-18(22)24-11-16(21)14-8-7-13(19)10-15(14)20/h2-10H,11H2,1H3. The molecule has 0 aliphatic carbocycles. The summed E-state index contributed by atoms with van der Waals surface area (Å²) in [7, 11) is 1.54. The molecule has 0 N–H and O–H groups in total. The Morgan fingerprint density at radius 3 is 2.58 bits per heavy atom. The fraction of sp³-hybridized carbons (Fsp3) is 0.111. The Morgan fingerprint density at radius 2 is 1.88 bits per heavy atom. The highest BCUT2D eigenvalue weighted by molar-refractivity contribution is 6.36. The monoisotopic (exact) mass is 364 g/mol. The zero-order chi connectivity index (χ0) is 17.5. The summed E-state index contributed by atoms with van der Waals surface area (Å²) in [6.45, 7) is -0.406. The molecule has 0 atom stereocenters. The molecule has 4 nitrogen and oxygen atoms in total. The van der Waals surface area contributed by atoms with Crippen molar-refractivity contribution in [2.24, 2.45) is 0 Å². The van der Waals surface area contributed by atoms with Crippen LogP contribution in [0.4, 0.5) is 0 Å². The van der Waals surface area contributed by atoms with Crippen LogP contribution in [0.15, 0.2) is 48.5 Å². The normalized spacial score (nSPS) is 10.6. The quantitative estimate of drug-likeness (QED) is 0.431. The van der Waals surface area contributed by atoms with Crippen molar-refractivity contribution < 1.29 is 19.1 Å². The summed E-state index contributed by atoms with van der Waals surface area (Å²) in [5.74, 6) is -0.416. The summed E-state index contributed by atoms with van der Waals surface area (Å²) in [5.41, 5.74) is 0.978. The van der Waals surface area contributed by atoms with Crippen molar-refractivity contribution in [1.82, 2.24) is 0 Å². The van der Waals surface area contributed by atoms with E-state index in [9.17, 15) is 9.59 Å². The van der Waals surface area contributed by atoms with E-state index in [1.807, 2.05) is 12.1 Å². The number of esters is 1. The Hall–Kier alpha value is -2.30. The first-order chi connectivity index (χ1) is 11.5. The number of halogens is 2. The first kappa shape index (κ1) is 18.0. The summed E-state index contributed by atoms with van der Waals surface area (Å²) in [6.07, 6.45) is 2.79. The molecular weight excluding hydrogens is 351 g/mol. The number of methoxy groups -OCH3 is 1. The Bertz CT molecular complexity index is 784. The van der Waals surface area contributed by atoms with Gasteiger partial charge in [0.15, 0.2) is 6.61 Å². The van der Waals surface area contributed by atoms with E-state index in [2.05, 4.69) is 0 Å². The second kappa shape index (κ2) is 8.52. The van der Waals surface area contributed by atoms with Crippen LogP contribution in [0.5, 0.6) is 5.75 Å². The molecule has 0 aromatic heterocycles. The maximum atomic E-state index is 12.0. The molecule has 0 amide bonds. The molecule has 0 aliphatic heterocycles. The molecule has 0 spiro atoms. The molecular formula is C18H14Cl2O4. The third-order valence-corrected chi connectivity index (χ3v) is 3.66. The minimum Gasteiger partial charge on any atom is -0.496 e. The largest absolute Gasteiger partial charge is 0.496 e. The Labute approximate surface area is 149 Å². The van der Waals surface area contributed by atoms with Crippen molar-refractivity contribution in [1.29, 1.82) is 0 Å². The molecule has 2 aromatic rings. The van der Waals surface area contributed by atoms with Crippen molar-refractivity contribution in [2.75, 3.05) is 13.7 Å². The van der Waals surface area contributed by atoms with E-state index >= 15 is 0 Å². The van der Waals surface area contributed by atoms with Crippen LogP contribution >= 0.6 is 23.2 Å². The van der Waals surface area contributed by atoms with Gasteiger partial charge in [-0.05, 0) is 30.3 Å². The van der Waals surface area contributed by atoms with E-state index in [-0.39, 0.29) is 10.6 Å². The van der Waals surface area contributed by atoms with Crippen molar-refractivity contribution >= 4 is 41.0 Å². The minimum absolute atomic E-state index is 0.216. The molecule has 2 rings (SSSR count). The first-order valence-corrected chi connectivity index (χ1v) is 7.73. The highest BCUT2D eigenvalue weighted by Crippen LogP contribution is 2.21. The predicted molar refractivity (Wildman–Crippen MR) is 93.8 cm³/mol. The van der Waals surface area contributed by atoms with Crippen molar-refractivity contribution in [3.05, 3.63) is 69.7 Å². The van der Waals surface area contributed by atoms with E-state index in [1.165, 1.54) is 18.2 Å². The molecule has 0 saturated carbocycles. The molecule has 6 heteroatoms.